The summed E-state index contributed by atoms with van der Waals surface area (Å²) in [6.45, 7) is 5.62. The molecule has 33 heavy (non-hydrogen) atoms. The molecular weight excluding hydrogens is 484 g/mol. The van der Waals surface area contributed by atoms with Gasteiger partial charge in [0, 0.05) is 33.1 Å². The highest BCUT2D eigenvalue weighted by molar-refractivity contribution is 9.10. The SMILES string of the molecule is CCCCc1nc2ccc(Br)cc2c(=O)n1N=Cc1c(C)n([C@H](C)C(=O)O)c2ccccc12. The molecule has 170 valence electrons. The maximum atomic E-state index is 13.3. The summed E-state index contributed by atoms with van der Waals surface area (Å²) < 4.78 is 3.96. The van der Waals surface area contributed by atoms with Gasteiger partial charge in [-0.2, -0.15) is 9.78 Å². The van der Waals surface area contributed by atoms with Crippen molar-refractivity contribution in [3.8, 4) is 0 Å². The van der Waals surface area contributed by atoms with Crippen LogP contribution in [0.3, 0.4) is 0 Å². The van der Waals surface area contributed by atoms with E-state index in [1.807, 2.05) is 43.3 Å². The van der Waals surface area contributed by atoms with Crippen molar-refractivity contribution in [2.24, 2.45) is 5.10 Å². The minimum Gasteiger partial charge on any atom is -0.480 e. The minimum atomic E-state index is -0.912. The van der Waals surface area contributed by atoms with Crippen LogP contribution in [-0.2, 0) is 11.2 Å². The molecule has 0 saturated carbocycles. The van der Waals surface area contributed by atoms with Crippen LogP contribution in [0.25, 0.3) is 21.8 Å². The molecule has 4 rings (SSSR count). The molecule has 0 unspecified atom stereocenters. The number of aliphatic carboxylic acids is 1. The first-order valence-electron chi connectivity index (χ1n) is 10.9. The van der Waals surface area contributed by atoms with Crippen molar-refractivity contribution in [1.82, 2.24) is 14.2 Å². The van der Waals surface area contributed by atoms with Crippen LogP contribution < -0.4 is 5.56 Å². The van der Waals surface area contributed by atoms with Crippen LogP contribution in [0.5, 0.6) is 0 Å². The number of aryl methyl sites for hydroxylation is 1. The monoisotopic (exact) mass is 508 g/mol. The molecule has 0 aliphatic carbocycles. The Kier molecular flexibility index (Phi) is 6.47. The average molecular weight is 509 g/mol. The Bertz CT molecular complexity index is 1450. The Balaban J connectivity index is 1.92. The molecule has 2 aromatic heterocycles. The van der Waals surface area contributed by atoms with Crippen molar-refractivity contribution >= 4 is 49.9 Å². The number of carboxylic acids is 1. The maximum Gasteiger partial charge on any atom is 0.326 e. The number of fused-ring (bicyclic) bond motifs is 2. The van der Waals surface area contributed by atoms with E-state index in [4.69, 9.17) is 4.98 Å². The lowest BCUT2D eigenvalue weighted by Gasteiger charge is -2.13. The van der Waals surface area contributed by atoms with Crippen LogP contribution in [0.2, 0.25) is 0 Å². The first-order valence-corrected chi connectivity index (χ1v) is 11.7. The van der Waals surface area contributed by atoms with E-state index in [2.05, 4.69) is 28.0 Å². The summed E-state index contributed by atoms with van der Waals surface area (Å²) in [5.41, 5.74) is 2.77. The number of nitrogens with zero attached hydrogens (tertiary/aromatic N) is 4. The fourth-order valence-corrected chi connectivity index (χ4v) is 4.48. The highest BCUT2D eigenvalue weighted by atomic mass is 79.9. The fraction of sp³-hybridized carbons (Fsp3) is 0.280. The molecule has 1 atom stereocenters. The number of halogens is 1. The molecule has 0 bridgehead atoms. The van der Waals surface area contributed by atoms with Crippen LogP contribution in [-0.4, -0.2) is 31.5 Å². The number of carboxylic acid groups (broad SMARTS) is 1. The van der Waals surface area contributed by atoms with Crippen LogP contribution >= 0.6 is 15.9 Å². The molecule has 2 aromatic carbocycles. The minimum absolute atomic E-state index is 0.232. The van der Waals surface area contributed by atoms with E-state index in [0.29, 0.717) is 23.1 Å². The number of rotatable bonds is 7. The normalized spacial score (nSPS) is 12.7. The Hall–Kier alpha value is -3.26. The zero-order chi connectivity index (χ0) is 23.7. The van der Waals surface area contributed by atoms with Crippen LogP contribution in [0, 0.1) is 6.92 Å². The predicted octanol–water partition coefficient (Wildman–Crippen LogP) is 5.29. The number of hydrogen-bond donors (Lipinski definition) is 1. The standard InChI is InChI=1S/C25H25BrN4O3/c1-4-5-10-23-28-21-12-11-17(26)13-19(21)24(31)30(23)27-14-20-15(2)29(16(3)25(32)33)22-9-7-6-8-18(20)22/h6-9,11-14,16H,4-5,10H2,1-3H3,(H,32,33)/t16-/m1/s1. The molecule has 0 spiro atoms. The molecular formula is C25H25BrN4O3. The van der Waals surface area contributed by atoms with Gasteiger partial charge in [0.2, 0.25) is 0 Å². The number of unbranched alkanes of at least 4 members (excludes halogenated alkanes) is 1. The second-order valence-electron chi connectivity index (χ2n) is 8.06. The highest BCUT2D eigenvalue weighted by Gasteiger charge is 2.21. The summed E-state index contributed by atoms with van der Waals surface area (Å²) >= 11 is 3.43. The van der Waals surface area contributed by atoms with E-state index in [0.717, 1.165) is 39.5 Å². The highest BCUT2D eigenvalue weighted by Crippen LogP contribution is 2.28. The van der Waals surface area contributed by atoms with Crippen molar-refractivity contribution in [2.45, 2.75) is 46.1 Å². The molecule has 2 heterocycles. The van der Waals surface area contributed by atoms with Crippen molar-refractivity contribution in [3.05, 3.63) is 74.4 Å². The Morgan fingerprint density at radius 2 is 2.00 bits per heavy atom. The summed E-state index contributed by atoms with van der Waals surface area (Å²) in [7, 11) is 0. The molecule has 4 aromatic rings. The third kappa shape index (κ3) is 4.23. The zero-order valence-electron chi connectivity index (χ0n) is 18.7. The first kappa shape index (κ1) is 22.9. The Labute approximate surface area is 199 Å². The Morgan fingerprint density at radius 3 is 2.73 bits per heavy atom. The third-order valence-electron chi connectivity index (χ3n) is 5.88. The first-order chi connectivity index (χ1) is 15.8. The van der Waals surface area contributed by atoms with E-state index in [9.17, 15) is 14.7 Å². The van der Waals surface area contributed by atoms with Crippen LogP contribution in [0.4, 0.5) is 0 Å². The number of aromatic nitrogens is 3. The molecule has 7 nitrogen and oxygen atoms in total. The molecule has 0 radical (unpaired) electrons. The molecule has 0 fully saturated rings. The lowest BCUT2D eigenvalue weighted by atomic mass is 10.1. The lowest BCUT2D eigenvalue weighted by Crippen LogP contribution is -2.22. The van der Waals surface area contributed by atoms with Crippen molar-refractivity contribution in [1.29, 1.82) is 0 Å². The van der Waals surface area contributed by atoms with Gasteiger partial charge in [-0.25, -0.2) is 9.78 Å². The van der Waals surface area contributed by atoms with Gasteiger partial charge in [0.1, 0.15) is 11.9 Å². The van der Waals surface area contributed by atoms with Gasteiger partial charge >= 0.3 is 5.97 Å². The van der Waals surface area contributed by atoms with Crippen molar-refractivity contribution < 1.29 is 9.90 Å². The topological polar surface area (TPSA) is 89.5 Å². The number of para-hydroxylation sites is 1. The second-order valence-corrected chi connectivity index (χ2v) is 8.97. The second kappa shape index (κ2) is 9.31. The zero-order valence-corrected chi connectivity index (χ0v) is 20.3. The van der Waals surface area contributed by atoms with Crippen molar-refractivity contribution in [2.75, 3.05) is 0 Å². The number of benzene rings is 2. The van der Waals surface area contributed by atoms with Gasteiger partial charge in [-0.05, 0) is 44.5 Å². The summed E-state index contributed by atoms with van der Waals surface area (Å²) in [4.78, 5) is 29.8. The Morgan fingerprint density at radius 1 is 1.24 bits per heavy atom. The number of hydrogen-bond acceptors (Lipinski definition) is 4. The van der Waals surface area contributed by atoms with Gasteiger partial charge in [0.15, 0.2) is 0 Å². The van der Waals surface area contributed by atoms with Gasteiger partial charge in [-0.15, -0.1) is 0 Å². The molecule has 8 heteroatoms. The molecule has 0 saturated heterocycles. The molecule has 0 amide bonds. The summed E-state index contributed by atoms with van der Waals surface area (Å²) in [6.07, 6.45) is 4.13. The number of carbonyl (C=O) groups is 1. The third-order valence-corrected chi connectivity index (χ3v) is 6.37. The van der Waals surface area contributed by atoms with Gasteiger partial charge in [0.05, 0.1) is 17.1 Å². The summed E-state index contributed by atoms with van der Waals surface area (Å²) in [5.74, 6) is -0.307. The van der Waals surface area contributed by atoms with E-state index in [-0.39, 0.29) is 5.56 Å². The quantitative estimate of drug-likeness (QED) is 0.343. The van der Waals surface area contributed by atoms with Crippen LogP contribution in [0.1, 0.15) is 49.8 Å². The average Bonchev–Trinajstić information content (AvgIpc) is 3.08. The van der Waals surface area contributed by atoms with E-state index >= 15 is 0 Å². The smallest absolute Gasteiger partial charge is 0.326 e. The predicted molar refractivity (Wildman–Crippen MR) is 134 cm³/mol. The van der Waals surface area contributed by atoms with Gasteiger partial charge < -0.3 is 9.67 Å². The van der Waals surface area contributed by atoms with Crippen LogP contribution in [0.15, 0.2) is 56.8 Å². The summed E-state index contributed by atoms with van der Waals surface area (Å²) in [5, 5.41) is 15.5. The van der Waals surface area contributed by atoms with Gasteiger partial charge in [-0.1, -0.05) is 47.5 Å². The van der Waals surface area contributed by atoms with Gasteiger partial charge in [0.25, 0.3) is 5.56 Å². The van der Waals surface area contributed by atoms with E-state index in [1.54, 1.807) is 23.8 Å². The maximum absolute atomic E-state index is 13.3. The fourth-order valence-electron chi connectivity index (χ4n) is 4.12. The summed E-state index contributed by atoms with van der Waals surface area (Å²) in [6, 6.07) is 12.3. The van der Waals surface area contributed by atoms with E-state index < -0.39 is 12.0 Å². The largest absolute Gasteiger partial charge is 0.480 e. The van der Waals surface area contributed by atoms with Gasteiger partial charge in [-0.3, -0.25) is 4.79 Å². The molecule has 1 N–H and O–H groups in total. The molecule has 0 aliphatic heterocycles. The van der Waals surface area contributed by atoms with Crippen molar-refractivity contribution in [3.63, 3.8) is 0 Å². The van der Waals surface area contributed by atoms with E-state index in [1.165, 1.54) is 4.68 Å². The lowest BCUT2D eigenvalue weighted by molar-refractivity contribution is -0.140. The molecule has 0 aliphatic rings.